The van der Waals surface area contributed by atoms with Crippen molar-refractivity contribution < 1.29 is 44.2 Å². The second kappa shape index (κ2) is 38.7. The van der Waals surface area contributed by atoms with E-state index in [9.17, 15) is 25.2 Å². The Hall–Kier alpha value is -0.810. The molecule has 9 heteroatoms. The van der Waals surface area contributed by atoms with Crippen molar-refractivity contribution in [1.29, 1.82) is 0 Å². The average Bonchev–Trinajstić information content (AvgIpc) is 3.18. The van der Waals surface area contributed by atoms with Crippen molar-refractivity contribution in [2.75, 3.05) is 26.4 Å². The summed E-state index contributed by atoms with van der Waals surface area (Å²) in [4.78, 5) is 12.8. The van der Waals surface area contributed by atoms with Crippen LogP contribution in [0.2, 0.25) is 0 Å². The first-order valence-corrected chi connectivity index (χ1v) is 23.6. The highest BCUT2D eigenvalue weighted by atomic mass is 16.7. The van der Waals surface area contributed by atoms with Crippen molar-refractivity contribution in [2.24, 2.45) is 0 Å². The lowest BCUT2D eigenvalue weighted by molar-refractivity contribution is -0.305. The van der Waals surface area contributed by atoms with Crippen LogP contribution in [0.4, 0.5) is 0 Å². The van der Waals surface area contributed by atoms with Crippen LogP contribution in [0.1, 0.15) is 226 Å². The van der Waals surface area contributed by atoms with Crippen molar-refractivity contribution in [1.82, 2.24) is 0 Å². The van der Waals surface area contributed by atoms with Gasteiger partial charge in [0.15, 0.2) is 6.29 Å². The number of aliphatic hydroxyl groups excluding tert-OH is 4. The Balaban J connectivity index is 2.14. The van der Waals surface area contributed by atoms with Gasteiger partial charge < -0.3 is 39.4 Å². The van der Waals surface area contributed by atoms with Gasteiger partial charge in [0, 0.05) is 13.0 Å². The molecule has 1 fully saturated rings. The van der Waals surface area contributed by atoms with E-state index in [1.807, 2.05) is 0 Å². The third-order valence-electron chi connectivity index (χ3n) is 11.3. The molecule has 1 aliphatic heterocycles. The van der Waals surface area contributed by atoms with E-state index in [1.54, 1.807) is 0 Å². The molecule has 1 aliphatic rings. The van der Waals surface area contributed by atoms with E-state index in [2.05, 4.69) is 13.8 Å². The van der Waals surface area contributed by atoms with E-state index in [0.29, 0.717) is 13.0 Å². The van der Waals surface area contributed by atoms with E-state index >= 15 is 0 Å². The fourth-order valence-electron chi connectivity index (χ4n) is 7.55. The minimum atomic E-state index is -1.53. The third kappa shape index (κ3) is 30.0. The van der Waals surface area contributed by atoms with Crippen molar-refractivity contribution in [3.8, 4) is 0 Å². The maximum absolute atomic E-state index is 12.8. The first-order valence-electron chi connectivity index (χ1n) is 23.6. The Bertz CT molecular complexity index is 812. The zero-order valence-corrected chi connectivity index (χ0v) is 36.0. The molecule has 6 atom stereocenters. The molecule has 0 radical (unpaired) electrons. The largest absolute Gasteiger partial charge is 0.457 e. The fourth-order valence-corrected chi connectivity index (χ4v) is 7.55. The van der Waals surface area contributed by atoms with Gasteiger partial charge in [-0.2, -0.15) is 0 Å². The van der Waals surface area contributed by atoms with Gasteiger partial charge in [0.05, 0.1) is 19.8 Å². The van der Waals surface area contributed by atoms with E-state index < -0.39 is 43.4 Å². The van der Waals surface area contributed by atoms with E-state index in [4.69, 9.17) is 18.9 Å². The van der Waals surface area contributed by atoms with Gasteiger partial charge >= 0.3 is 5.97 Å². The van der Waals surface area contributed by atoms with Crippen LogP contribution in [-0.2, 0) is 23.7 Å². The zero-order chi connectivity index (χ0) is 40.0. The number of aliphatic hydroxyl groups is 4. The van der Waals surface area contributed by atoms with E-state index in [-0.39, 0.29) is 19.2 Å². The Morgan fingerprint density at radius 1 is 0.509 bits per heavy atom. The van der Waals surface area contributed by atoms with Gasteiger partial charge in [0.25, 0.3) is 0 Å². The Morgan fingerprint density at radius 3 is 1.29 bits per heavy atom. The molecule has 0 aromatic heterocycles. The molecule has 9 nitrogen and oxygen atoms in total. The molecule has 0 saturated carbocycles. The van der Waals surface area contributed by atoms with Crippen molar-refractivity contribution in [3.63, 3.8) is 0 Å². The maximum Gasteiger partial charge on any atom is 0.306 e. The lowest BCUT2D eigenvalue weighted by Gasteiger charge is -2.39. The molecule has 1 saturated heterocycles. The molecule has 0 amide bonds. The highest BCUT2D eigenvalue weighted by molar-refractivity contribution is 5.69. The summed E-state index contributed by atoms with van der Waals surface area (Å²) < 4.78 is 22.8. The lowest BCUT2D eigenvalue weighted by atomic mass is 9.99. The normalized spacial score (nSPS) is 20.6. The summed E-state index contributed by atoms with van der Waals surface area (Å²) in [5.41, 5.74) is 0. The van der Waals surface area contributed by atoms with Gasteiger partial charge in [0.1, 0.15) is 30.5 Å². The van der Waals surface area contributed by atoms with Gasteiger partial charge in [-0.25, -0.2) is 0 Å². The van der Waals surface area contributed by atoms with Crippen LogP contribution in [0.25, 0.3) is 0 Å². The summed E-state index contributed by atoms with van der Waals surface area (Å²) in [6.07, 6.45) is 34.3. The summed E-state index contributed by atoms with van der Waals surface area (Å²) in [5, 5.41) is 40.0. The molecule has 6 unspecified atom stereocenters. The molecule has 0 aliphatic carbocycles. The van der Waals surface area contributed by atoms with Crippen LogP contribution in [0.5, 0.6) is 0 Å². The van der Waals surface area contributed by atoms with Crippen molar-refractivity contribution >= 4 is 5.97 Å². The van der Waals surface area contributed by atoms with Crippen molar-refractivity contribution in [3.05, 3.63) is 0 Å². The minimum Gasteiger partial charge on any atom is -0.457 e. The summed E-state index contributed by atoms with van der Waals surface area (Å²) in [5.74, 6) is -0.308. The van der Waals surface area contributed by atoms with Crippen LogP contribution >= 0.6 is 0 Å². The quantitative estimate of drug-likeness (QED) is 0.0353. The predicted octanol–water partition coefficient (Wildman–Crippen LogP) is 10.6. The monoisotopic (exact) mass is 787 g/mol. The number of hydrogen-bond acceptors (Lipinski definition) is 9. The Kier molecular flexibility index (Phi) is 36.7. The SMILES string of the molecule is CCCCCCCCCCCCCCCCCCCCCCCCCC(=O)OC(COCCCCCCCCCCC)COC1OC(CO)C(O)C(O)C1O. The molecule has 0 aromatic rings. The molecule has 328 valence electrons. The van der Waals surface area contributed by atoms with Gasteiger partial charge in [-0.15, -0.1) is 0 Å². The van der Waals surface area contributed by atoms with Crippen LogP contribution in [-0.4, -0.2) is 89.6 Å². The number of carbonyl (C=O) groups excluding carboxylic acids is 1. The van der Waals surface area contributed by atoms with Crippen LogP contribution in [0.15, 0.2) is 0 Å². The molecule has 55 heavy (non-hydrogen) atoms. The topological polar surface area (TPSA) is 135 Å². The molecule has 1 rings (SSSR count). The molecule has 0 spiro atoms. The van der Waals surface area contributed by atoms with Crippen LogP contribution < -0.4 is 0 Å². The highest BCUT2D eigenvalue weighted by Gasteiger charge is 2.44. The minimum absolute atomic E-state index is 0.106. The van der Waals surface area contributed by atoms with Gasteiger partial charge in [-0.05, 0) is 12.8 Å². The van der Waals surface area contributed by atoms with Crippen LogP contribution in [0, 0.1) is 0 Å². The number of rotatable bonds is 41. The second-order valence-corrected chi connectivity index (χ2v) is 16.6. The van der Waals surface area contributed by atoms with E-state index in [1.165, 1.54) is 173 Å². The molecular formula is C46H90O9. The highest BCUT2D eigenvalue weighted by Crippen LogP contribution is 2.23. The Morgan fingerprint density at radius 2 is 0.891 bits per heavy atom. The first-order chi connectivity index (χ1) is 26.9. The fraction of sp³-hybridized carbons (Fsp3) is 0.978. The standard InChI is InChI=1S/C46H90O9/c1-3-5-7-9-11-13-14-15-16-17-18-19-20-21-22-23-24-25-26-27-29-31-33-35-42(48)54-40(38-52-36-34-32-30-28-12-10-8-6-4-2)39-53-46-45(51)44(50)43(49)41(37-47)55-46/h40-41,43-47,49-51H,3-39H2,1-2H3. The summed E-state index contributed by atoms with van der Waals surface area (Å²) in [7, 11) is 0. The lowest BCUT2D eigenvalue weighted by Crippen LogP contribution is -2.59. The molecule has 0 bridgehead atoms. The smallest absolute Gasteiger partial charge is 0.306 e. The van der Waals surface area contributed by atoms with E-state index in [0.717, 1.165) is 32.1 Å². The number of carbonyl (C=O) groups is 1. The molecular weight excluding hydrogens is 696 g/mol. The van der Waals surface area contributed by atoms with Crippen molar-refractivity contribution in [2.45, 2.75) is 263 Å². The summed E-state index contributed by atoms with van der Waals surface area (Å²) in [6.45, 7) is 4.59. The number of ether oxygens (including phenoxy) is 4. The first kappa shape index (κ1) is 52.2. The number of esters is 1. The summed E-state index contributed by atoms with van der Waals surface area (Å²) in [6, 6.07) is 0. The Labute approximate surface area is 338 Å². The maximum atomic E-state index is 12.8. The number of hydrogen-bond donors (Lipinski definition) is 4. The molecule has 1 heterocycles. The van der Waals surface area contributed by atoms with Crippen LogP contribution in [0.3, 0.4) is 0 Å². The second-order valence-electron chi connectivity index (χ2n) is 16.6. The summed E-state index contributed by atoms with van der Waals surface area (Å²) >= 11 is 0. The third-order valence-corrected chi connectivity index (χ3v) is 11.3. The van der Waals surface area contributed by atoms with Gasteiger partial charge in [0.2, 0.25) is 0 Å². The van der Waals surface area contributed by atoms with Gasteiger partial charge in [-0.3, -0.25) is 4.79 Å². The number of unbranched alkanes of at least 4 members (excludes halogenated alkanes) is 30. The molecule has 4 N–H and O–H groups in total. The predicted molar refractivity (Wildman–Crippen MR) is 224 cm³/mol. The zero-order valence-electron chi connectivity index (χ0n) is 36.0. The van der Waals surface area contributed by atoms with Gasteiger partial charge in [-0.1, -0.05) is 206 Å². The molecule has 0 aromatic carbocycles. The average molecular weight is 787 g/mol.